The first kappa shape index (κ1) is 35.1. The van der Waals surface area contributed by atoms with Crippen molar-refractivity contribution in [2.24, 2.45) is 10.4 Å². The highest BCUT2D eigenvalue weighted by molar-refractivity contribution is 8.00. The number of methoxy groups -OCH3 is 2. The van der Waals surface area contributed by atoms with Crippen LogP contribution in [0.2, 0.25) is 0 Å². The molecule has 11 heteroatoms. The van der Waals surface area contributed by atoms with Gasteiger partial charge in [-0.2, -0.15) is 0 Å². The minimum atomic E-state index is -0.0339. The predicted octanol–water partition coefficient (Wildman–Crippen LogP) is 8.37. The van der Waals surface area contributed by atoms with Gasteiger partial charge in [-0.1, -0.05) is 18.6 Å². The number of nitrogens with zero attached hydrogens (tertiary/aromatic N) is 3. The van der Waals surface area contributed by atoms with Gasteiger partial charge in [-0.05, 0) is 98.6 Å². The van der Waals surface area contributed by atoms with E-state index in [4.69, 9.17) is 23.9 Å². The Hall–Kier alpha value is -4.64. The first-order valence-electron chi connectivity index (χ1n) is 19.5. The standard InChI is InChI=1S/C43H48N4O6S/c1-50-37-18-33-35(44-23-29-17-28(25-46(29)41(33)48)27-9-11-32(12-10-27)54-31-7-6-8-31)20-39(37)52-15-4-3-5-16-53-40-21-36-34(19-38(40)51-2)42(49)47-26-43(13-14-43)22-30(47)24-45-36/h9-12,18-21,24-25,29-31,44H,3-8,13-17,22-23,26H2,1-2H3/t29-,30-/m0/s1. The van der Waals surface area contributed by atoms with Gasteiger partial charge in [0.15, 0.2) is 23.0 Å². The summed E-state index contributed by atoms with van der Waals surface area (Å²) in [6.45, 7) is 2.46. The molecule has 0 bridgehead atoms. The summed E-state index contributed by atoms with van der Waals surface area (Å²) >= 11 is 1.98. The molecule has 2 aliphatic carbocycles. The van der Waals surface area contributed by atoms with Crippen LogP contribution < -0.4 is 24.3 Å². The number of nitrogens with one attached hydrogen (secondary N) is 1. The van der Waals surface area contributed by atoms with Crippen molar-refractivity contribution in [3.8, 4) is 23.0 Å². The third kappa shape index (κ3) is 6.80. The minimum absolute atomic E-state index is 0.0242. The number of hydrogen-bond donors (Lipinski definition) is 1. The van der Waals surface area contributed by atoms with Crippen LogP contribution in [0.1, 0.15) is 90.5 Å². The van der Waals surface area contributed by atoms with Gasteiger partial charge in [0, 0.05) is 47.8 Å². The zero-order valence-corrected chi connectivity index (χ0v) is 31.9. The second-order valence-corrected chi connectivity index (χ2v) is 17.0. The van der Waals surface area contributed by atoms with Crippen LogP contribution in [-0.4, -0.2) is 85.7 Å². The Morgan fingerprint density at radius 1 is 0.870 bits per heavy atom. The lowest BCUT2D eigenvalue weighted by Gasteiger charge is -2.24. The highest BCUT2D eigenvalue weighted by Gasteiger charge is 2.53. The van der Waals surface area contributed by atoms with E-state index in [1.165, 1.54) is 48.1 Å². The molecule has 4 heterocycles. The summed E-state index contributed by atoms with van der Waals surface area (Å²) in [6.07, 6.45) is 14.7. The Labute approximate surface area is 321 Å². The molecule has 2 amide bonds. The Balaban J connectivity index is 0.775. The molecule has 4 aliphatic heterocycles. The number of carbonyl (C=O) groups excluding carboxylic acids is 2. The molecular formula is C43H48N4O6S. The summed E-state index contributed by atoms with van der Waals surface area (Å²) in [5.74, 6) is 2.28. The molecule has 3 aromatic carbocycles. The van der Waals surface area contributed by atoms with Crippen LogP contribution in [0, 0.1) is 5.41 Å². The van der Waals surface area contributed by atoms with Crippen LogP contribution in [0.5, 0.6) is 23.0 Å². The van der Waals surface area contributed by atoms with Gasteiger partial charge in [0.25, 0.3) is 11.8 Å². The van der Waals surface area contributed by atoms with Gasteiger partial charge in [-0.15, -0.1) is 11.8 Å². The third-order valence-electron chi connectivity index (χ3n) is 12.0. The van der Waals surface area contributed by atoms with Crippen molar-refractivity contribution in [2.45, 2.75) is 86.4 Å². The molecule has 0 radical (unpaired) electrons. The molecule has 0 unspecified atom stereocenters. The average Bonchev–Trinajstić information content (AvgIpc) is 3.70. The van der Waals surface area contributed by atoms with E-state index >= 15 is 0 Å². The van der Waals surface area contributed by atoms with E-state index in [1.807, 2.05) is 46.1 Å². The van der Waals surface area contributed by atoms with Crippen LogP contribution in [0.4, 0.5) is 11.4 Å². The van der Waals surface area contributed by atoms with Gasteiger partial charge in [-0.3, -0.25) is 14.6 Å². The smallest absolute Gasteiger partial charge is 0.260 e. The molecule has 10 nitrogen and oxygen atoms in total. The third-order valence-corrected chi connectivity index (χ3v) is 13.3. The zero-order valence-electron chi connectivity index (χ0n) is 31.1. The molecule has 1 spiro atoms. The lowest BCUT2D eigenvalue weighted by molar-refractivity contribution is 0.0765. The Kier molecular flexibility index (Phi) is 9.45. The molecule has 1 N–H and O–H groups in total. The number of benzene rings is 3. The van der Waals surface area contributed by atoms with Crippen molar-refractivity contribution >= 4 is 46.7 Å². The van der Waals surface area contributed by atoms with Gasteiger partial charge in [0.05, 0.1) is 62.0 Å². The Bertz CT molecular complexity index is 2010. The maximum atomic E-state index is 13.9. The van der Waals surface area contributed by atoms with Crippen molar-refractivity contribution < 1.29 is 28.5 Å². The van der Waals surface area contributed by atoms with E-state index in [2.05, 4.69) is 29.6 Å². The Morgan fingerprint density at radius 3 is 2.28 bits per heavy atom. The molecule has 6 aliphatic rings. The SMILES string of the molecule is COc1cc2c(cc1OCCCCCOc1cc3c(cc1OC)C(=O)N1C=C(c4ccc(SC5CCC5)cc4)C[C@H]1CN3)N=C[C@@H]1CC3(CC3)CN1C2=O. The normalized spacial score (nSPS) is 21.9. The van der Waals surface area contributed by atoms with Crippen LogP contribution >= 0.6 is 11.8 Å². The molecule has 2 saturated carbocycles. The van der Waals surface area contributed by atoms with Gasteiger partial charge in [0.2, 0.25) is 0 Å². The summed E-state index contributed by atoms with van der Waals surface area (Å²) < 4.78 is 23.7. The predicted molar refractivity (Wildman–Crippen MR) is 211 cm³/mol. The topological polar surface area (TPSA) is 102 Å². The highest BCUT2D eigenvalue weighted by atomic mass is 32.2. The first-order valence-corrected chi connectivity index (χ1v) is 20.4. The average molecular weight is 749 g/mol. The van der Waals surface area contributed by atoms with Crippen molar-refractivity contribution in [1.82, 2.24) is 9.80 Å². The monoisotopic (exact) mass is 748 g/mol. The number of rotatable bonds is 13. The quantitative estimate of drug-likeness (QED) is 0.174. The lowest BCUT2D eigenvalue weighted by atomic mass is 10.00. The largest absolute Gasteiger partial charge is 0.493 e. The van der Waals surface area contributed by atoms with Crippen LogP contribution in [0.25, 0.3) is 5.57 Å². The highest BCUT2D eigenvalue weighted by Crippen LogP contribution is 2.55. The van der Waals surface area contributed by atoms with Crippen LogP contribution in [0.15, 0.2) is 64.6 Å². The second kappa shape index (κ2) is 14.5. The van der Waals surface area contributed by atoms with E-state index in [0.717, 1.165) is 49.6 Å². The molecule has 2 atom stereocenters. The van der Waals surface area contributed by atoms with Gasteiger partial charge in [0.1, 0.15) is 0 Å². The number of thioether (sulfide) groups is 1. The van der Waals surface area contributed by atoms with Crippen LogP contribution in [-0.2, 0) is 0 Å². The number of anilines is 1. The second-order valence-electron chi connectivity index (χ2n) is 15.6. The molecule has 0 aromatic heterocycles. The number of unbranched alkanes of at least 4 members (excludes halogenated alkanes) is 2. The summed E-state index contributed by atoms with van der Waals surface area (Å²) in [4.78, 5) is 37.2. The summed E-state index contributed by atoms with van der Waals surface area (Å²) in [5, 5.41) is 4.29. The van der Waals surface area contributed by atoms with Crippen molar-refractivity contribution in [3.63, 3.8) is 0 Å². The Morgan fingerprint density at radius 2 is 1.59 bits per heavy atom. The van der Waals surface area contributed by atoms with Gasteiger partial charge in [-0.25, -0.2) is 0 Å². The van der Waals surface area contributed by atoms with E-state index in [9.17, 15) is 9.59 Å². The number of carbonyl (C=O) groups is 2. The first-order chi connectivity index (χ1) is 26.4. The van der Waals surface area contributed by atoms with Gasteiger partial charge < -0.3 is 34.1 Å². The molecule has 54 heavy (non-hydrogen) atoms. The van der Waals surface area contributed by atoms with Crippen molar-refractivity contribution in [1.29, 1.82) is 0 Å². The number of hydrogen-bond acceptors (Lipinski definition) is 9. The number of amides is 2. The molecule has 3 aromatic rings. The van der Waals surface area contributed by atoms with E-state index in [1.54, 1.807) is 26.4 Å². The molecule has 3 fully saturated rings. The fraction of sp³-hybridized carbons (Fsp3) is 0.465. The van der Waals surface area contributed by atoms with Crippen molar-refractivity contribution in [3.05, 3.63) is 71.4 Å². The lowest BCUT2D eigenvalue weighted by Crippen LogP contribution is -2.35. The number of aliphatic imine (C=N–C) groups is 1. The number of ether oxygens (including phenoxy) is 4. The summed E-state index contributed by atoms with van der Waals surface area (Å²) in [6, 6.07) is 16.2. The molecule has 9 rings (SSSR count). The molecule has 282 valence electrons. The minimum Gasteiger partial charge on any atom is -0.493 e. The maximum absolute atomic E-state index is 13.9. The number of fused-ring (bicyclic) bond motifs is 4. The summed E-state index contributed by atoms with van der Waals surface area (Å²) in [7, 11) is 3.21. The van der Waals surface area contributed by atoms with Crippen LogP contribution in [0.3, 0.4) is 0 Å². The molecular weight excluding hydrogens is 701 g/mol. The maximum Gasteiger partial charge on any atom is 0.260 e. The van der Waals surface area contributed by atoms with E-state index in [-0.39, 0.29) is 23.9 Å². The van der Waals surface area contributed by atoms with E-state index < -0.39 is 0 Å². The van der Waals surface area contributed by atoms with Gasteiger partial charge >= 0.3 is 0 Å². The molecule has 1 saturated heterocycles. The van der Waals surface area contributed by atoms with E-state index in [0.29, 0.717) is 65.0 Å². The van der Waals surface area contributed by atoms with Crippen molar-refractivity contribution in [2.75, 3.05) is 45.8 Å². The summed E-state index contributed by atoms with van der Waals surface area (Å²) in [5.41, 5.74) is 5.23. The fourth-order valence-electron chi connectivity index (χ4n) is 8.37. The fourth-order valence-corrected chi connectivity index (χ4v) is 9.62. The zero-order chi connectivity index (χ0) is 36.8.